The molecule has 0 unspecified atom stereocenters. The van der Waals surface area contributed by atoms with E-state index >= 15 is 0 Å². The van der Waals surface area contributed by atoms with Gasteiger partial charge >= 0.3 is 0 Å². The number of amides is 2. The number of likely N-dealkylation sites (tertiary alicyclic amines) is 1. The summed E-state index contributed by atoms with van der Waals surface area (Å²) in [5, 5.41) is 5.71. The quantitative estimate of drug-likeness (QED) is 0.813. The van der Waals surface area contributed by atoms with Crippen molar-refractivity contribution in [3.63, 3.8) is 0 Å². The number of carbonyl (C=O) groups excluding carboxylic acids is 2. The Kier molecular flexibility index (Phi) is 5.54. The van der Waals surface area contributed by atoms with Crippen molar-refractivity contribution >= 4 is 23.2 Å². The summed E-state index contributed by atoms with van der Waals surface area (Å²) < 4.78 is 1.83. The van der Waals surface area contributed by atoms with E-state index in [2.05, 4.69) is 17.2 Å². The number of pyridine rings is 1. The van der Waals surface area contributed by atoms with Gasteiger partial charge in [-0.15, -0.1) is 11.3 Å². The topological polar surface area (TPSA) is 84.3 Å². The first-order valence-corrected chi connectivity index (χ1v) is 11.1. The third-order valence-corrected chi connectivity index (χ3v) is 6.79. The van der Waals surface area contributed by atoms with E-state index in [0.717, 1.165) is 30.0 Å². The van der Waals surface area contributed by atoms with E-state index in [1.807, 2.05) is 20.9 Å². The van der Waals surface area contributed by atoms with E-state index in [1.165, 1.54) is 18.3 Å². The summed E-state index contributed by atoms with van der Waals surface area (Å²) >= 11 is 1.54. The number of nitrogens with zero attached hydrogens (tertiary/aromatic N) is 3. The zero-order valence-electron chi connectivity index (χ0n) is 16.8. The SMILES string of the molecule is CCCc1nc(C(=O)N2C[C@H]3C[C@@H](C2)[C@H](CNC(C)=O)n2c3cccc2=O)cs1. The second kappa shape index (κ2) is 8.10. The van der Waals surface area contributed by atoms with Crippen molar-refractivity contribution in [2.75, 3.05) is 19.6 Å². The van der Waals surface area contributed by atoms with Crippen molar-refractivity contribution < 1.29 is 9.59 Å². The van der Waals surface area contributed by atoms with Gasteiger partial charge in [0.25, 0.3) is 11.5 Å². The number of hydrogen-bond acceptors (Lipinski definition) is 5. The lowest BCUT2D eigenvalue weighted by Crippen LogP contribution is -2.53. The maximum Gasteiger partial charge on any atom is 0.273 e. The Balaban J connectivity index is 1.62. The van der Waals surface area contributed by atoms with E-state index in [1.54, 1.807) is 12.1 Å². The fourth-order valence-electron chi connectivity index (χ4n) is 4.62. The molecular formula is C21H26N4O3S. The molecule has 4 rings (SSSR count). The fourth-order valence-corrected chi connectivity index (χ4v) is 5.49. The molecule has 1 saturated heterocycles. The molecule has 2 amide bonds. The van der Waals surface area contributed by atoms with Crippen LogP contribution in [0.5, 0.6) is 0 Å². The van der Waals surface area contributed by atoms with Crippen molar-refractivity contribution in [1.82, 2.24) is 19.8 Å². The van der Waals surface area contributed by atoms with Gasteiger partial charge in [-0.2, -0.15) is 0 Å². The highest BCUT2D eigenvalue weighted by Crippen LogP contribution is 2.41. The molecule has 2 aliphatic heterocycles. The average molecular weight is 415 g/mol. The largest absolute Gasteiger partial charge is 0.354 e. The van der Waals surface area contributed by atoms with Gasteiger partial charge in [-0.25, -0.2) is 4.98 Å². The van der Waals surface area contributed by atoms with Crippen molar-refractivity contribution in [2.24, 2.45) is 5.92 Å². The van der Waals surface area contributed by atoms with Crippen LogP contribution in [-0.2, 0) is 11.2 Å². The van der Waals surface area contributed by atoms with E-state index in [0.29, 0.717) is 25.3 Å². The van der Waals surface area contributed by atoms with E-state index in [9.17, 15) is 14.4 Å². The Hall–Kier alpha value is -2.48. The molecule has 29 heavy (non-hydrogen) atoms. The molecule has 1 fully saturated rings. The summed E-state index contributed by atoms with van der Waals surface area (Å²) in [6.07, 6.45) is 2.80. The predicted octanol–water partition coefficient (Wildman–Crippen LogP) is 2.19. The third-order valence-electron chi connectivity index (χ3n) is 5.88. The van der Waals surface area contributed by atoms with Crippen LogP contribution in [0.3, 0.4) is 0 Å². The Morgan fingerprint density at radius 3 is 2.90 bits per heavy atom. The van der Waals surface area contributed by atoms with Gasteiger partial charge in [0.15, 0.2) is 0 Å². The summed E-state index contributed by atoms with van der Waals surface area (Å²) in [6, 6.07) is 5.17. The number of hydrogen-bond donors (Lipinski definition) is 1. The number of thiazole rings is 1. The van der Waals surface area contributed by atoms with Gasteiger partial charge in [0, 0.05) is 49.6 Å². The van der Waals surface area contributed by atoms with Crippen LogP contribution in [0.1, 0.15) is 59.8 Å². The van der Waals surface area contributed by atoms with Crippen LogP contribution in [0.15, 0.2) is 28.4 Å². The van der Waals surface area contributed by atoms with E-state index in [4.69, 9.17) is 0 Å². The number of fused-ring (bicyclic) bond motifs is 4. The molecule has 4 heterocycles. The lowest BCUT2D eigenvalue weighted by atomic mass is 9.78. The van der Waals surface area contributed by atoms with Gasteiger partial charge in [-0.3, -0.25) is 14.4 Å². The first-order chi connectivity index (χ1) is 14.0. The molecule has 3 atom stereocenters. The summed E-state index contributed by atoms with van der Waals surface area (Å²) in [7, 11) is 0. The fraction of sp³-hybridized carbons (Fsp3) is 0.524. The van der Waals surface area contributed by atoms with Crippen LogP contribution in [0.25, 0.3) is 0 Å². The first kappa shape index (κ1) is 19.8. The molecule has 8 heteroatoms. The van der Waals surface area contributed by atoms with E-state index in [-0.39, 0.29) is 35.3 Å². The Bertz CT molecular complexity index is 982. The Labute approximate surface area is 173 Å². The normalized spacial score (nSPS) is 22.8. The summed E-state index contributed by atoms with van der Waals surface area (Å²) in [6.45, 7) is 5.13. The molecule has 0 spiro atoms. The second-order valence-corrected chi connectivity index (χ2v) is 8.89. The smallest absolute Gasteiger partial charge is 0.273 e. The van der Waals surface area contributed by atoms with Crippen LogP contribution < -0.4 is 10.9 Å². The average Bonchev–Trinajstić information content (AvgIpc) is 3.16. The summed E-state index contributed by atoms with van der Waals surface area (Å²) in [5.74, 6) is 0.0791. The molecule has 0 radical (unpaired) electrons. The number of aromatic nitrogens is 2. The highest BCUT2D eigenvalue weighted by Gasteiger charge is 2.42. The number of aryl methyl sites for hydroxylation is 1. The molecule has 2 aliphatic rings. The monoisotopic (exact) mass is 414 g/mol. The first-order valence-electron chi connectivity index (χ1n) is 10.2. The lowest BCUT2D eigenvalue weighted by Gasteiger charge is -2.46. The van der Waals surface area contributed by atoms with Gasteiger partial charge in [0.1, 0.15) is 5.69 Å². The zero-order chi connectivity index (χ0) is 20.5. The molecule has 2 aromatic rings. The minimum absolute atomic E-state index is 0.0386. The molecule has 2 bridgehead atoms. The number of nitrogens with one attached hydrogen (secondary N) is 1. The summed E-state index contributed by atoms with van der Waals surface area (Å²) in [5.41, 5.74) is 1.42. The number of carbonyl (C=O) groups is 2. The maximum absolute atomic E-state index is 13.1. The van der Waals surface area contributed by atoms with Gasteiger partial charge in [-0.05, 0) is 31.2 Å². The van der Waals surface area contributed by atoms with Crippen LogP contribution in [-0.4, -0.2) is 45.9 Å². The Morgan fingerprint density at radius 1 is 1.31 bits per heavy atom. The molecule has 154 valence electrons. The predicted molar refractivity (Wildman–Crippen MR) is 111 cm³/mol. The number of rotatable bonds is 5. The van der Waals surface area contributed by atoms with Crippen LogP contribution in [0.2, 0.25) is 0 Å². The molecule has 1 N–H and O–H groups in total. The molecule has 0 aliphatic carbocycles. The van der Waals surface area contributed by atoms with Crippen molar-refractivity contribution in [1.29, 1.82) is 0 Å². The minimum Gasteiger partial charge on any atom is -0.354 e. The van der Waals surface area contributed by atoms with Gasteiger partial charge in [0.2, 0.25) is 5.91 Å². The van der Waals surface area contributed by atoms with Gasteiger partial charge in [-0.1, -0.05) is 13.0 Å². The highest BCUT2D eigenvalue weighted by atomic mass is 32.1. The zero-order valence-corrected chi connectivity index (χ0v) is 17.6. The second-order valence-electron chi connectivity index (χ2n) is 7.94. The highest BCUT2D eigenvalue weighted by molar-refractivity contribution is 7.09. The lowest BCUT2D eigenvalue weighted by molar-refractivity contribution is -0.119. The minimum atomic E-state index is -0.152. The van der Waals surface area contributed by atoms with Crippen LogP contribution in [0, 0.1) is 5.92 Å². The third kappa shape index (κ3) is 3.85. The standard InChI is InChI=1S/C21H26N4O3S/c1-3-5-19-23-16(12-29-19)21(28)24-10-14-8-15(11-24)18(9-22-13(2)26)25-17(14)6-4-7-20(25)27/h4,6-7,12,14-15,18H,3,5,8-11H2,1-2H3,(H,22,26)/t14-,15+,18+/m1/s1. The van der Waals surface area contributed by atoms with E-state index < -0.39 is 0 Å². The van der Waals surface area contributed by atoms with Crippen LogP contribution in [0.4, 0.5) is 0 Å². The van der Waals surface area contributed by atoms with Crippen molar-refractivity contribution in [3.8, 4) is 0 Å². The Morgan fingerprint density at radius 2 is 2.14 bits per heavy atom. The molecular weight excluding hydrogens is 388 g/mol. The maximum atomic E-state index is 13.1. The van der Waals surface area contributed by atoms with Crippen molar-refractivity contribution in [2.45, 2.75) is 45.1 Å². The molecule has 2 aromatic heterocycles. The molecule has 0 saturated carbocycles. The van der Waals surface area contributed by atoms with Gasteiger partial charge in [0.05, 0.1) is 11.0 Å². The molecule has 7 nitrogen and oxygen atoms in total. The molecule has 0 aromatic carbocycles. The van der Waals surface area contributed by atoms with Crippen molar-refractivity contribution in [3.05, 3.63) is 50.3 Å². The van der Waals surface area contributed by atoms with Gasteiger partial charge < -0.3 is 14.8 Å². The van der Waals surface area contributed by atoms with Crippen LogP contribution >= 0.6 is 11.3 Å². The number of piperidine rings is 1. The summed E-state index contributed by atoms with van der Waals surface area (Å²) in [4.78, 5) is 43.6.